The van der Waals surface area contributed by atoms with Gasteiger partial charge >= 0.3 is 0 Å². The molecule has 3 heteroatoms. The third-order valence-corrected chi connectivity index (χ3v) is 7.58. The molecule has 7 rings (SSSR count). The summed E-state index contributed by atoms with van der Waals surface area (Å²) < 4.78 is 6.21. The van der Waals surface area contributed by atoms with E-state index in [1.165, 1.54) is 0 Å². The number of rotatable bonds is 4. The van der Waals surface area contributed by atoms with E-state index in [1.807, 2.05) is 103 Å². The van der Waals surface area contributed by atoms with Crippen molar-refractivity contribution in [3.05, 3.63) is 145 Å². The predicted molar refractivity (Wildman–Crippen MR) is 165 cm³/mol. The van der Waals surface area contributed by atoms with E-state index in [4.69, 9.17) is 4.42 Å². The second kappa shape index (κ2) is 10.0. The van der Waals surface area contributed by atoms with Gasteiger partial charge in [0.15, 0.2) is 0 Å². The molecule has 190 valence electrons. The Kier molecular flexibility index (Phi) is 5.90. The van der Waals surface area contributed by atoms with Crippen LogP contribution in [-0.4, -0.2) is 0 Å². The molecular formula is C38H22N2O. The molecular weight excluding hydrogens is 500 g/mol. The van der Waals surface area contributed by atoms with Crippen LogP contribution in [0.25, 0.3) is 66.4 Å². The predicted octanol–water partition coefficient (Wildman–Crippen LogP) is 10.00. The van der Waals surface area contributed by atoms with Gasteiger partial charge in [-0.1, -0.05) is 91.0 Å². The molecule has 0 N–H and O–H groups in total. The molecule has 0 aliphatic rings. The fourth-order valence-corrected chi connectivity index (χ4v) is 5.58. The number of nitrogens with zero attached hydrogens (tertiary/aromatic N) is 2. The second-order valence-electron chi connectivity index (χ2n) is 9.97. The van der Waals surface area contributed by atoms with E-state index < -0.39 is 0 Å². The molecule has 3 nitrogen and oxygen atoms in total. The zero-order chi connectivity index (χ0) is 27.8. The van der Waals surface area contributed by atoms with Gasteiger partial charge in [0.2, 0.25) is 0 Å². The first-order valence-corrected chi connectivity index (χ1v) is 13.4. The van der Waals surface area contributed by atoms with Gasteiger partial charge in [0, 0.05) is 21.9 Å². The Morgan fingerprint density at radius 2 is 0.951 bits per heavy atom. The first-order chi connectivity index (χ1) is 20.2. The van der Waals surface area contributed by atoms with Crippen molar-refractivity contribution in [1.29, 1.82) is 10.5 Å². The Hall–Kier alpha value is -5.90. The lowest BCUT2D eigenvalue weighted by Gasteiger charge is -2.14. The summed E-state index contributed by atoms with van der Waals surface area (Å²) in [7, 11) is 0. The number of furan rings is 1. The van der Waals surface area contributed by atoms with Gasteiger partial charge in [0.1, 0.15) is 17.2 Å². The molecule has 0 radical (unpaired) electrons. The van der Waals surface area contributed by atoms with E-state index in [1.54, 1.807) is 0 Å². The monoisotopic (exact) mass is 522 g/mol. The van der Waals surface area contributed by atoms with Crippen LogP contribution in [0.3, 0.4) is 0 Å². The van der Waals surface area contributed by atoms with E-state index in [2.05, 4.69) is 42.5 Å². The maximum absolute atomic E-state index is 10.3. The summed E-state index contributed by atoms with van der Waals surface area (Å²) in [6, 6.07) is 49.1. The largest absolute Gasteiger partial charge is 0.456 e. The van der Waals surface area contributed by atoms with Crippen LogP contribution in [0.4, 0.5) is 0 Å². The maximum Gasteiger partial charge on any atom is 0.135 e. The van der Waals surface area contributed by atoms with E-state index >= 15 is 0 Å². The Labute approximate surface area is 237 Å². The van der Waals surface area contributed by atoms with Gasteiger partial charge in [-0.3, -0.25) is 0 Å². The highest BCUT2D eigenvalue weighted by molar-refractivity contribution is 6.08. The van der Waals surface area contributed by atoms with E-state index in [0.29, 0.717) is 11.1 Å². The number of nitriles is 2. The van der Waals surface area contributed by atoms with Crippen LogP contribution >= 0.6 is 0 Å². The molecule has 0 saturated carbocycles. The van der Waals surface area contributed by atoms with Crippen LogP contribution in [-0.2, 0) is 0 Å². The summed E-state index contributed by atoms with van der Waals surface area (Å²) in [6.07, 6.45) is 0. The average molecular weight is 523 g/mol. The van der Waals surface area contributed by atoms with E-state index in [-0.39, 0.29) is 0 Å². The third-order valence-electron chi connectivity index (χ3n) is 7.58. The molecule has 0 aliphatic heterocycles. The van der Waals surface area contributed by atoms with Gasteiger partial charge < -0.3 is 4.42 Å². The minimum absolute atomic E-state index is 0.639. The summed E-state index contributed by atoms with van der Waals surface area (Å²) >= 11 is 0. The molecule has 0 aliphatic carbocycles. The van der Waals surface area contributed by atoms with Crippen molar-refractivity contribution in [2.75, 3.05) is 0 Å². The highest BCUT2D eigenvalue weighted by Crippen LogP contribution is 2.39. The Balaban J connectivity index is 1.45. The molecule has 1 aromatic heterocycles. The van der Waals surface area contributed by atoms with Crippen LogP contribution in [0.1, 0.15) is 11.1 Å². The lowest BCUT2D eigenvalue weighted by molar-refractivity contribution is 0.669. The Bertz CT molecular complexity index is 2100. The van der Waals surface area contributed by atoms with E-state index in [0.717, 1.165) is 66.4 Å². The van der Waals surface area contributed by atoms with Crippen LogP contribution in [0.2, 0.25) is 0 Å². The SMILES string of the molecule is N#Cc1ccccc1-c1ccc2oc3ccc(-c4cc(-c5ccccc5)c(C#N)c(-c5ccccc5)c4)cc3c2c1. The molecule has 0 fully saturated rings. The minimum atomic E-state index is 0.639. The molecule has 7 aromatic rings. The molecule has 0 bridgehead atoms. The molecule has 1 heterocycles. The fraction of sp³-hybridized carbons (Fsp3) is 0. The van der Waals surface area contributed by atoms with Crippen LogP contribution in [0.15, 0.2) is 138 Å². The summed E-state index contributed by atoms with van der Waals surface area (Å²) in [5.41, 5.74) is 10.6. The number of benzene rings is 6. The van der Waals surface area contributed by atoms with Crippen molar-refractivity contribution >= 4 is 21.9 Å². The quantitative estimate of drug-likeness (QED) is 0.231. The first-order valence-electron chi connectivity index (χ1n) is 13.4. The van der Waals surface area contributed by atoms with Crippen molar-refractivity contribution in [2.24, 2.45) is 0 Å². The third kappa shape index (κ3) is 4.23. The minimum Gasteiger partial charge on any atom is -0.456 e. The fourth-order valence-electron chi connectivity index (χ4n) is 5.58. The molecule has 6 aromatic carbocycles. The molecule has 0 saturated heterocycles. The number of hydrogen-bond acceptors (Lipinski definition) is 3. The van der Waals surface area contributed by atoms with Crippen molar-refractivity contribution in [3.63, 3.8) is 0 Å². The van der Waals surface area contributed by atoms with Gasteiger partial charge in [-0.2, -0.15) is 10.5 Å². The smallest absolute Gasteiger partial charge is 0.135 e. The standard InChI is InChI=1S/C38H22N2O/c39-23-29-13-7-8-14-31(29)28-16-18-38-35(20-28)34-19-27(15-17-37(34)41-38)30-21-32(25-9-3-1-4-10-25)36(24-40)33(22-30)26-11-5-2-6-12-26/h1-22H. The zero-order valence-electron chi connectivity index (χ0n) is 22.0. The maximum atomic E-state index is 10.3. The highest BCUT2D eigenvalue weighted by Gasteiger charge is 2.17. The summed E-state index contributed by atoms with van der Waals surface area (Å²) in [6.45, 7) is 0. The first kappa shape index (κ1) is 24.2. The summed E-state index contributed by atoms with van der Waals surface area (Å²) in [5.74, 6) is 0. The normalized spacial score (nSPS) is 10.9. The van der Waals surface area contributed by atoms with Crippen molar-refractivity contribution in [2.45, 2.75) is 0 Å². The van der Waals surface area contributed by atoms with E-state index in [9.17, 15) is 10.5 Å². The summed E-state index contributed by atoms with van der Waals surface area (Å²) in [5, 5.41) is 21.9. The van der Waals surface area contributed by atoms with Gasteiger partial charge in [0.25, 0.3) is 0 Å². The lowest BCUT2D eigenvalue weighted by atomic mass is 9.88. The lowest BCUT2D eigenvalue weighted by Crippen LogP contribution is -1.92. The van der Waals surface area contributed by atoms with Crippen LogP contribution in [0, 0.1) is 22.7 Å². The number of fused-ring (bicyclic) bond motifs is 3. The van der Waals surface area contributed by atoms with Crippen molar-refractivity contribution < 1.29 is 4.42 Å². The second-order valence-corrected chi connectivity index (χ2v) is 9.97. The highest BCUT2D eigenvalue weighted by atomic mass is 16.3. The van der Waals surface area contributed by atoms with Crippen molar-refractivity contribution in [1.82, 2.24) is 0 Å². The molecule has 0 spiro atoms. The molecule has 0 amide bonds. The average Bonchev–Trinajstić information content (AvgIpc) is 3.42. The van der Waals surface area contributed by atoms with Gasteiger partial charge in [0.05, 0.1) is 17.2 Å². The Morgan fingerprint density at radius 1 is 0.415 bits per heavy atom. The molecule has 41 heavy (non-hydrogen) atoms. The van der Waals surface area contributed by atoms with Gasteiger partial charge in [-0.25, -0.2) is 0 Å². The van der Waals surface area contributed by atoms with Crippen LogP contribution in [0.5, 0.6) is 0 Å². The summed E-state index contributed by atoms with van der Waals surface area (Å²) in [4.78, 5) is 0. The Morgan fingerprint density at radius 3 is 1.54 bits per heavy atom. The van der Waals surface area contributed by atoms with Gasteiger partial charge in [-0.05, 0) is 75.8 Å². The van der Waals surface area contributed by atoms with Gasteiger partial charge in [-0.15, -0.1) is 0 Å². The molecule has 0 unspecified atom stereocenters. The molecule has 0 atom stereocenters. The topological polar surface area (TPSA) is 60.7 Å². The van der Waals surface area contributed by atoms with Crippen LogP contribution < -0.4 is 0 Å². The number of hydrogen-bond donors (Lipinski definition) is 0. The zero-order valence-corrected chi connectivity index (χ0v) is 22.0. The van der Waals surface area contributed by atoms with Crippen molar-refractivity contribution in [3.8, 4) is 56.6 Å².